The lowest BCUT2D eigenvalue weighted by Crippen LogP contribution is -2.14. The predicted octanol–water partition coefficient (Wildman–Crippen LogP) is 3.39. The molecule has 0 saturated carbocycles. The third kappa shape index (κ3) is 6.54. The van der Waals surface area contributed by atoms with Crippen LogP contribution in [0.25, 0.3) is 11.4 Å². The number of carbonyl (C=O) groups excluding carboxylic acids is 1. The Balaban J connectivity index is 1.57. The van der Waals surface area contributed by atoms with Gasteiger partial charge in [-0.25, -0.2) is 8.42 Å². The molecule has 0 unspecified atom stereocenters. The first kappa shape index (κ1) is 22.3. The second-order valence-electron chi connectivity index (χ2n) is 6.92. The maximum absolute atomic E-state index is 12.3. The lowest BCUT2D eigenvalue weighted by molar-refractivity contribution is -0.116. The zero-order valence-electron chi connectivity index (χ0n) is 17.5. The van der Waals surface area contributed by atoms with E-state index in [0.717, 1.165) is 23.1 Å². The quantitative estimate of drug-likeness (QED) is 0.518. The maximum Gasteiger partial charge on any atom is 0.229 e. The van der Waals surface area contributed by atoms with Crippen molar-refractivity contribution in [1.82, 2.24) is 10.1 Å². The lowest BCUT2D eigenvalue weighted by Gasteiger charge is -2.11. The summed E-state index contributed by atoms with van der Waals surface area (Å²) in [7, 11) is -3.41. The van der Waals surface area contributed by atoms with Crippen molar-refractivity contribution in [2.75, 3.05) is 22.9 Å². The van der Waals surface area contributed by atoms with Gasteiger partial charge in [0, 0.05) is 24.1 Å². The van der Waals surface area contributed by atoms with Gasteiger partial charge in [0.25, 0.3) is 0 Å². The lowest BCUT2D eigenvalue weighted by atomic mass is 10.2. The van der Waals surface area contributed by atoms with Crippen molar-refractivity contribution >= 4 is 27.3 Å². The summed E-state index contributed by atoms with van der Waals surface area (Å²) < 4.78 is 36.0. The number of nitrogens with zero attached hydrogens (tertiary/aromatic N) is 2. The summed E-state index contributed by atoms with van der Waals surface area (Å²) >= 11 is 0. The first-order chi connectivity index (χ1) is 14.7. The first-order valence-electron chi connectivity index (χ1n) is 9.67. The van der Waals surface area contributed by atoms with E-state index >= 15 is 0 Å². The fourth-order valence-electron chi connectivity index (χ4n) is 2.79. The molecule has 1 amide bonds. The van der Waals surface area contributed by atoms with E-state index in [1.54, 1.807) is 25.1 Å². The van der Waals surface area contributed by atoms with Gasteiger partial charge in [0.1, 0.15) is 5.75 Å². The van der Waals surface area contributed by atoms with Gasteiger partial charge in [-0.3, -0.25) is 9.52 Å². The number of benzene rings is 2. The van der Waals surface area contributed by atoms with Crippen molar-refractivity contribution in [3.63, 3.8) is 0 Å². The monoisotopic (exact) mass is 444 g/mol. The van der Waals surface area contributed by atoms with Gasteiger partial charge < -0.3 is 14.6 Å². The second kappa shape index (κ2) is 9.61. The van der Waals surface area contributed by atoms with E-state index in [9.17, 15) is 13.2 Å². The number of carbonyl (C=O) groups is 1. The van der Waals surface area contributed by atoms with Gasteiger partial charge in [-0.1, -0.05) is 11.2 Å². The normalized spacial score (nSPS) is 11.2. The Morgan fingerprint density at radius 1 is 1.16 bits per heavy atom. The van der Waals surface area contributed by atoms with Crippen LogP contribution in [0.2, 0.25) is 0 Å². The number of hydrogen-bond donors (Lipinski definition) is 2. The number of aromatic nitrogens is 2. The molecule has 164 valence electrons. The Morgan fingerprint density at radius 3 is 2.58 bits per heavy atom. The van der Waals surface area contributed by atoms with Gasteiger partial charge in [0.05, 0.1) is 18.6 Å². The molecule has 0 aliphatic rings. The van der Waals surface area contributed by atoms with Crippen molar-refractivity contribution in [1.29, 1.82) is 0 Å². The molecule has 3 rings (SSSR count). The molecule has 0 aliphatic heterocycles. The Kier molecular flexibility index (Phi) is 6.91. The predicted molar refractivity (Wildman–Crippen MR) is 117 cm³/mol. The number of sulfonamides is 1. The van der Waals surface area contributed by atoms with Gasteiger partial charge in [-0.15, -0.1) is 0 Å². The number of aryl methyl sites for hydroxylation is 2. The largest absolute Gasteiger partial charge is 0.494 e. The average molecular weight is 445 g/mol. The molecule has 0 saturated heterocycles. The fraction of sp³-hybridized carbons (Fsp3) is 0.286. The van der Waals surface area contributed by atoms with Crippen LogP contribution in [0, 0.1) is 6.92 Å². The van der Waals surface area contributed by atoms with Gasteiger partial charge in [0.2, 0.25) is 27.6 Å². The zero-order valence-corrected chi connectivity index (χ0v) is 18.3. The van der Waals surface area contributed by atoms with Gasteiger partial charge in [-0.2, -0.15) is 4.98 Å². The zero-order chi connectivity index (χ0) is 22.4. The van der Waals surface area contributed by atoms with Crippen molar-refractivity contribution < 1.29 is 22.5 Å². The molecule has 0 atom stereocenters. The molecule has 0 spiro atoms. The van der Waals surface area contributed by atoms with E-state index in [1.807, 2.05) is 31.2 Å². The summed E-state index contributed by atoms with van der Waals surface area (Å²) in [4.78, 5) is 16.6. The molecular weight excluding hydrogens is 420 g/mol. The van der Waals surface area contributed by atoms with Crippen LogP contribution in [0.3, 0.4) is 0 Å². The molecule has 0 radical (unpaired) electrons. The minimum atomic E-state index is -3.41. The van der Waals surface area contributed by atoms with Gasteiger partial charge in [-0.05, 0) is 55.8 Å². The molecule has 1 heterocycles. The second-order valence-corrected chi connectivity index (χ2v) is 8.67. The maximum atomic E-state index is 12.3. The van der Waals surface area contributed by atoms with Crippen LogP contribution in [0.5, 0.6) is 5.75 Å². The van der Waals surface area contributed by atoms with E-state index in [4.69, 9.17) is 9.26 Å². The SMILES string of the molecule is CCOc1ccc(-c2noc(CCC(=O)Nc3ccc(C)c(NS(C)(=O)=O)c3)n2)cc1. The summed E-state index contributed by atoms with van der Waals surface area (Å²) in [5.74, 6) is 1.29. The Labute approximate surface area is 180 Å². The van der Waals surface area contributed by atoms with Gasteiger partial charge >= 0.3 is 0 Å². The molecule has 2 aromatic carbocycles. The van der Waals surface area contributed by atoms with Gasteiger partial charge in [0.15, 0.2) is 0 Å². The minimum Gasteiger partial charge on any atom is -0.494 e. The summed E-state index contributed by atoms with van der Waals surface area (Å²) in [6.45, 7) is 4.28. The molecule has 10 heteroatoms. The third-order valence-electron chi connectivity index (χ3n) is 4.27. The van der Waals surface area contributed by atoms with Crippen LogP contribution in [-0.2, 0) is 21.2 Å². The van der Waals surface area contributed by atoms with Crippen molar-refractivity contribution in [2.45, 2.75) is 26.7 Å². The van der Waals surface area contributed by atoms with Crippen molar-refractivity contribution in [3.05, 3.63) is 53.9 Å². The van der Waals surface area contributed by atoms with Crippen molar-refractivity contribution in [3.8, 4) is 17.1 Å². The molecule has 9 nitrogen and oxygen atoms in total. The number of amides is 1. The Morgan fingerprint density at radius 2 is 1.90 bits per heavy atom. The summed E-state index contributed by atoms with van der Waals surface area (Å²) in [6, 6.07) is 12.3. The highest BCUT2D eigenvalue weighted by Crippen LogP contribution is 2.22. The number of rotatable bonds is 9. The molecular formula is C21H24N4O5S. The smallest absolute Gasteiger partial charge is 0.229 e. The van der Waals surface area contributed by atoms with Crippen LogP contribution < -0.4 is 14.8 Å². The summed E-state index contributed by atoms with van der Waals surface area (Å²) in [5, 5.41) is 6.70. The van der Waals surface area contributed by atoms with E-state index in [-0.39, 0.29) is 18.7 Å². The highest BCUT2D eigenvalue weighted by molar-refractivity contribution is 7.92. The molecule has 0 fully saturated rings. The number of hydrogen-bond acceptors (Lipinski definition) is 7. The van der Waals surface area contributed by atoms with E-state index in [0.29, 0.717) is 29.7 Å². The minimum absolute atomic E-state index is 0.133. The highest BCUT2D eigenvalue weighted by Gasteiger charge is 2.12. The van der Waals surface area contributed by atoms with Crippen LogP contribution in [0.1, 0.15) is 24.8 Å². The van der Waals surface area contributed by atoms with E-state index in [2.05, 4.69) is 20.2 Å². The van der Waals surface area contributed by atoms with Crippen LogP contribution >= 0.6 is 0 Å². The summed E-state index contributed by atoms with van der Waals surface area (Å²) in [6.07, 6.45) is 1.48. The average Bonchev–Trinajstić information content (AvgIpc) is 3.18. The number of ether oxygens (including phenoxy) is 1. The van der Waals surface area contributed by atoms with Crippen LogP contribution in [-0.4, -0.2) is 37.3 Å². The third-order valence-corrected chi connectivity index (χ3v) is 4.86. The van der Waals surface area contributed by atoms with E-state index < -0.39 is 10.0 Å². The Hall–Kier alpha value is -3.40. The number of nitrogens with one attached hydrogen (secondary N) is 2. The summed E-state index contributed by atoms with van der Waals surface area (Å²) in [5.41, 5.74) is 2.43. The molecule has 1 aromatic heterocycles. The molecule has 31 heavy (non-hydrogen) atoms. The molecule has 2 N–H and O–H groups in total. The Bertz CT molecular complexity index is 1160. The molecule has 0 bridgehead atoms. The topological polar surface area (TPSA) is 123 Å². The van der Waals surface area contributed by atoms with Crippen molar-refractivity contribution in [2.24, 2.45) is 0 Å². The van der Waals surface area contributed by atoms with Crippen LogP contribution in [0.4, 0.5) is 11.4 Å². The molecule has 0 aliphatic carbocycles. The van der Waals surface area contributed by atoms with Crippen LogP contribution in [0.15, 0.2) is 47.0 Å². The fourth-order valence-corrected chi connectivity index (χ4v) is 3.41. The standard InChI is InChI=1S/C21H24N4O5S/c1-4-29-17-9-6-15(7-10-17)21-23-20(30-24-21)12-11-19(26)22-16-8-5-14(2)18(13-16)25-31(3,27)28/h5-10,13,25H,4,11-12H2,1-3H3,(H,22,26). The molecule has 3 aromatic rings. The first-order valence-corrected chi connectivity index (χ1v) is 11.6. The van der Waals surface area contributed by atoms with E-state index in [1.165, 1.54) is 0 Å². The number of anilines is 2. The highest BCUT2D eigenvalue weighted by atomic mass is 32.2.